The van der Waals surface area contributed by atoms with Gasteiger partial charge in [0, 0.05) is 18.8 Å². The van der Waals surface area contributed by atoms with Crippen LogP contribution < -0.4 is 14.4 Å². The number of nitro groups is 1. The molecule has 0 aromatic heterocycles. The van der Waals surface area contributed by atoms with E-state index in [1.54, 1.807) is 36.4 Å². The summed E-state index contributed by atoms with van der Waals surface area (Å²) in [4.78, 5) is 22.6. The minimum atomic E-state index is -3.76. The summed E-state index contributed by atoms with van der Waals surface area (Å²) in [6.07, 6.45) is 0. The molecule has 1 N–H and O–H groups in total. The summed E-state index contributed by atoms with van der Waals surface area (Å²) in [6.45, 7) is -0.443. The molecule has 0 spiro atoms. The average Bonchev–Trinajstić information content (AvgIpc) is 2.78. The van der Waals surface area contributed by atoms with Crippen LogP contribution in [0.3, 0.4) is 0 Å². The Morgan fingerprint density at radius 2 is 1.61 bits per heavy atom. The number of carbonyl (C=O) groups excluding carboxylic acids is 1. The lowest BCUT2D eigenvalue weighted by Gasteiger charge is -2.19. The highest BCUT2D eigenvalue weighted by Gasteiger charge is 2.21. The number of hydrogen-bond acceptors (Lipinski definition) is 6. The van der Waals surface area contributed by atoms with Gasteiger partial charge in [0.25, 0.3) is 15.9 Å². The average molecular weight is 441 g/mol. The van der Waals surface area contributed by atoms with E-state index in [9.17, 15) is 23.3 Å². The van der Waals surface area contributed by atoms with Crippen molar-refractivity contribution in [2.24, 2.45) is 0 Å². The van der Waals surface area contributed by atoms with Crippen molar-refractivity contribution in [2.75, 3.05) is 23.3 Å². The molecule has 160 valence electrons. The molecule has 0 radical (unpaired) electrons. The van der Waals surface area contributed by atoms with Crippen LogP contribution in [-0.2, 0) is 14.8 Å². The normalized spacial score (nSPS) is 10.9. The van der Waals surface area contributed by atoms with Gasteiger partial charge >= 0.3 is 5.69 Å². The number of nitrogens with one attached hydrogen (secondary N) is 1. The van der Waals surface area contributed by atoms with Gasteiger partial charge in [0.15, 0.2) is 12.4 Å². The number of carbonyl (C=O) groups is 1. The zero-order valence-electron chi connectivity index (χ0n) is 16.5. The third-order valence-electron chi connectivity index (χ3n) is 4.34. The van der Waals surface area contributed by atoms with Crippen LogP contribution in [0.2, 0.25) is 0 Å². The molecule has 10 heteroatoms. The second-order valence-electron chi connectivity index (χ2n) is 6.39. The Hall–Kier alpha value is -3.92. The van der Waals surface area contributed by atoms with Crippen LogP contribution in [0.15, 0.2) is 83.8 Å². The van der Waals surface area contributed by atoms with E-state index in [0.717, 1.165) is 0 Å². The molecule has 3 aromatic carbocycles. The molecular weight excluding hydrogens is 422 g/mol. The molecule has 0 aliphatic heterocycles. The summed E-state index contributed by atoms with van der Waals surface area (Å²) in [7, 11) is -2.31. The first-order chi connectivity index (χ1) is 14.8. The van der Waals surface area contributed by atoms with Crippen LogP contribution in [0, 0.1) is 10.1 Å². The number of benzene rings is 3. The summed E-state index contributed by atoms with van der Waals surface area (Å²) < 4.78 is 32.0. The molecule has 1 amide bonds. The van der Waals surface area contributed by atoms with E-state index in [2.05, 4.69) is 5.32 Å². The Labute approximate surface area is 179 Å². The van der Waals surface area contributed by atoms with Gasteiger partial charge in [-0.15, -0.1) is 0 Å². The Morgan fingerprint density at radius 1 is 1.00 bits per heavy atom. The summed E-state index contributed by atoms with van der Waals surface area (Å²) >= 11 is 0. The monoisotopic (exact) mass is 441 g/mol. The largest absolute Gasteiger partial charge is 0.477 e. The first-order valence-electron chi connectivity index (χ1n) is 9.09. The fourth-order valence-corrected chi connectivity index (χ4v) is 3.91. The van der Waals surface area contributed by atoms with E-state index in [0.29, 0.717) is 11.4 Å². The van der Waals surface area contributed by atoms with Crippen molar-refractivity contribution >= 4 is 33.0 Å². The van der Waals surface area contributed by atoms with Gasteiger partial charge in [-0.1, -0.05) is 30.3 Å². The van der Waals surface area contributed by atoms with E-state index >= 15 is 0 Å². The lowest BCUT2D eigenvalue weighted by molar-refractivity contribution is -0.385. The van der Waals surface area contributed by atoms with Crippen molar-refractivity contribution in [1.29, 1.82) is 0 Å². The zero-order chi connectivity index (χ0) is 22.4. The molecule has 0 heterocycles. The first kappa shape index (κ1) is 21.8. The molecule has 0 saturated carbocycles. The number of ether oxygens (including phenoxy) is 1. The number of amides is 1. The van der Waals surface area contributed by atoms with Gasteiger partial charge in [-0.25, -0.2) is 8.42 Å². The zero-order valence-corrected chi connectivity index (χ0v) is 17.3. The van der Waals surface area contributed by atoms with E-state index < -0.39 is 27.5 Å². The number of sulfonamides is 1. The van der Waals surface area contributed by atoms with Crippen LogP contribution in [0.1, 0.15) is 0 Å². The molecule has 0 aliphatic carbocycles. The Kier molecular flexibility index (Phi) is 6.51. The molecule has 31 heavy (non-hydrogen) atoms. The smallest absolute Gasteiger partial charge is 0.310 e. The van der Waals surface area contributed by atoms with E-state index in [1.165, 1.54) is 53.8 Å². The number of para-hydroxylation sites is 3. The first-order valence-corrected chi connectivity index (χ1v) is 10.5. The molecule has 0 unspecified atom stereocenters. The minimum absolute atomic E-state index is 0.0203. The Bertz CT molecular complexity index is 1180. The molecule has 0 aliphatic rings. The Balaban J connectivity index is 1.64. The highest BCUT2D eigenvalue weighted by Crippen LogP contribution is 2.26. The maximum absolute atomic E-state index is 12.8. The van der Waals surface area contributed by atoms with Gasteiger partial charge in [-0.2, -0.15) is 0 Å². The SMILES string of the molecule is CN(c1ccccc1)S(=O)(=O)c1ccc(NC(=O)COc2ccccc2[N+](=O)[O-])cc1. The van der Waals surface area contributed by atoms with Crippen LogP contribution in [0.25, 0.3) is 0 Å². The van der Waals surface area contributed by atoms with Crippen molar-refractivity contribution in [3.05, 3.63) is 89.0 Å². The third kappa shape index (κ3) is 5.17. The minimum Gasteiger partial charge on any atom is -0.477 e. The summed E-state index contributed by atoms with van der Waals surface area (Å²) in [5.41, 5.74) is 0.636. The van der Waals surface area contributed by atoms with Crippen molar-refractivity contribution < 1.29 is 22.9 Å². The van der Waals surface area contributed by atoms with Gasteiger partial charge in [-0.3, -0.25) is 19.2 Å². The second kappa shape index (κ2) is 9.26. The van der Waals surface area contributed by atoms with Gasteiger partial charge < -0.3 is 10.1 Å². The fourth-order valence-electron chi connectivity index (χ4n) is 2.72. The van der Waals surface area contributed by atoms with E-state index in [4.69, 9.17) is 4.74 Å². The molecule has 9 nitrogen and oxygen atoms in total. The third-order valence-corrected chi connectivity index (χ3v) is 6.14. The van der Waals surface area contributed by atoms with Gasteiger partial charge in [-0.05, 0) is 42.5 Å². The molecule has 0 fully saturated rings. The molecular formula is C21H19N3O6S. The predicted molar refractivity (Wildman–Crippen MR) is 116 cm³/mol. The Morgan fingerprint density at radius 3 is 2.26 bits per heavy atom. The fraction of sp³-hybridized carbons (Fsp3) is 0.0952. The molecule has 3 rings (SSSR count). The lowest BCUT2D eigenvalue weighted by Crippen LogP contribution is -2.26. The highest BCUT2D eigenvalue weighted by atomic mass is 32.2. The number of hydrogen-bond donors (Lipinski definition) is 1. The summed E-state index contributed by atoms with van der Waals surface area (Å²) in [5, 5.41) is 13.5. The molecule has 0 bridgehead atoms. The van der Waals surface area contributed by atoms with Crippen molar-refractivity contribution in [3.8, 4) is 5.75 Å². The second-order valence-corrected chi connectivity index (χ2v) is 8.36. The van der Waals surface area contributed by atoms with Gasteiger partial charge in [0.1, 0.15) is 0 Å². The van der Waals surface area contributed by atoms with Crippen molar-refractivity contribution in [1.82, 2.24) is 0 Å². The van der Waals surface area contributed by atoms with Crippen molar-refractivity contribution in [3.63, 3.8) is 0 Å². The maximum Gasteiger partial charge on any atom is 0.310 e. The predicted octanol–water partition coefficient (Wildman–Crippen LogP) is 3.44. The van der Waals surface area contributed by atoms with Gasteiger partial charge in [0.05, 0.1) is 15.5 Å². The molecule has 0 atom stereocenters. The summed E-state index contributed by atoms with van der Waals surface area (Å²) in [5.74, 6) is -0.566. The van der Waals surface area contributed by atoms with Crippen LogP contribution in [0.4, 0.5) is 17.1 Å². The highest BCUT2D eigenvalue weighted by molar-refractivity contribution is 7.92. The quantitative estimate of drug-likeness (QED) is 0.422. The van der Waals surface area contributed by atoms with Crippen LogP contribution >= 0.6 is 0 Å². The van der Waals surface area contributed by atoms with Crippen LogP contribution in [-0.4, -0.2) is 32.9 Å². The topological polar surface area (TPSA) is 119 Å². The lowest BCUT2D eigenvalue weighted by atomic mass is 10.3. The van der Waals surface area contributed by atoms with Gasteiger partial charge in [0.2, 0.25) is 0 Å². The standard InChI is InChI=1S/C21H19N3O6S/c1-23(17-7-3-2-4-8-17)31(28,29)18-13-11-16(12-14-18)22-21(25)15-30-20-10-6-5-9-19(20)24(26)27/h2-14H,15H2,1H3,(H,22,25). The number of rotatable bonds is 8. The number of anilines is 2. The van der Waals surface area contributed by atoms with Crippen molar-refractivity contribution in [2.45, 2.75) is 4.90 Å². The molecule has 0 saturated heterocycles. The maximum atomic E-state index is 12.8. The van der Waals surface area contributed by atoms with E-state index in [1.807, 2.05) is 0 Å². The summed E-state index contributed by atoms with van der Waals surface area (Å²) in [6, 6.07) is 20.0. The van der Waals surface area contributed by atoms with E-state index in [-0.39, 0.29) is 16.3 Å². The molecule has 3 aromatic rings. The van der Waals surface area contributed by atoms with Crippen LogP contribution in [0.5, 0.6) is 5.75 Å². The number of nitrogens with zero attached hydrogens (tertiary/aromatic N) is 2. The number of nitro benzene ring substituents is 1.